The number of nitrogens with one attached hydrogen (secondary N) is 2. The third-order valence-electron chi connectivity index (χ3n) is 4.44. The maximum atomic E-state index is 5.97. The van der Waals surface area contributed by atoms with Gasteiger partial charge in [-0.05, 0) is 44.2 Å². The van der Waals surface area contributed by atoms with Gasteiger partial charge in [0, 0.05) is 25.8 Å². The van der Waals surface area contributed by atoms with Gasteiger partial charge in [0.15, 0.2) is 5.96 Å². The van der Waals surface area contributed by atoms with Gasteiger partial charge in [-0.1, -0.05) is 31.2 Å². The van der Waals surface area contributed by atoms with E-state index >= 15 is 0 Å². The molecule has 0 spiro atoms. The number of rotatable bonds is 8. The summed E-state index contributed by atoms with van der Waals surface area (Å²) in [6, 6.07) is 8.97. The third kappa shape index (κ3) is 8.68. The van der Waals surface area contributed by atoms with Gasteiger partial charge in [0.1, 0.15) is 0 Å². The fourth-order valence-corrected chi connectivity index (χ4v) is 2.62. The van der Waals surface area contributed by atoms with Crippen LogP contribution in [0.5, 0.6) is 0 Å². The van der Waals surface area contributed by atoms with Gasteiger partial charge in [0.05, 0.1) is 19.3 Å². The molecule has 1 aliphatic heterocycles. The zero-order valence-electron chi connectivity index (χ0n) is 16.3. The second kappa shape index (κ2) is 13.3. The van der Waals surface area contributed by atoms with Crippen LogP contribution < -0.4 is 10.6 Å². The van der Waals surface area contributed by atoms with Gasteiger partial charge in [0.25, 0.3) is 0 Å². The summed E-state index contributed by atoms with van der Waals surface area (Å²) in [4.78, 5) is 4.67. The Morgan fingerprint density at radius 1 is 1.19 bits per heavy atom. The Morgan fingerprint density at radius 3 is 2.46 bits per heavy atom. The van der Waals surface area contributed by atoms with Crippen molar-refractivity contribution < 1.29 is 9.47 Å². The van der Waals surface area contributed by atoms with Crippen molar-refractivity contribution in [2.75, 3.05) is 19.8 Å². The highest BCUT2D eigenvalue weighted by Gasteiger charge is 2.13. The van der Waals surface area contributed by atoms with Crippen molar-refractivity contribution >= 4 is 29.9 Å². The highest BCUT2D eigenvalue weighted by Crippen LogP contribution is 2.14. The van der Waals surface area contributed by atoms with Gasteiger partial charge in [-0.15, -0.1) is 24.0 Å². The molecule has 0 amide bonds. The quantitative estimate of drug-likeness (QED) is 0.341. The van der Waals surface area contributed by atoms with Crippen LogP contribution in [0.25, 0.3) is 0 Å². The summed E-state index contributed by atoms with van der Waals surface area (Å²) in [6.07, 6.45) is 3.42. The van der Waals surface area contributed by atoms with E-state index in [-0.39, 0.29) is 24.0 Å². The molecule has 26 heavy (non-hydrogen) atoms. The first-order valence-electron chi connectivity index (χ1n) is 9.53. The Kier molecular flexibility index (Phi) is 11.9. The number of hydrogen-bond donors (Lipinski definition) is 2. The van der Waals surface area contributed by atoms with Crippen LogP contribution in [0, 0.1) is 0 Å². The number of aliphatic imine (C=N–C) groups is 1. The van der Waals surface area contributed by atoms with E-state index in [0.29, 0.717) is 25.3 Å². The first kappa shape index (κ1) is 23.2. The average molecular weight is 475 g/mol. The predicted molar refractivity (Wildman–Crippen MR) is 118 cm³/mol. The van der Waals surface area contributed by atoms with Crippen molar-refractivity contribution in [3.63, 3.8) is 0 Å². The Bertz CT molecular complexity index is 516. The Hall–Kier alpha value is -0.860. The number of halogens is 1. The lowest BCUT2D eigenvalue weighted by Gasteiger charge is -2.22. The van der Waals surface area contributed by atoms with Gasteiger partial charge in [-0.25, -0.2) is 4.99 Å². The van der Waals surface area contributed by atoms with E-state index in [1.165, 1.54) is 11.1 Å². The van der Waals surface area contributed by atoms with E-state index in [9.17, 15) is 0 Å². The molecule has 0 aliphatic carbocycles. The van der Waals surface area contributed by atoms with Crippen LogP contribution in [0.3, 0.4) is 0 Å². The SMILES string of the molecule is CCNC(=NCc1ccc(COC2CCOCC2)cc1)NC(C)CC.I. The molecule has 6 heteroatoms. The normalized spacial score (nSPS) is 16.7. The highest BCUT2D eigenvalue weighted by molar-refractivity contribution is 14.0. The molecular formula is C20H34IN3O2. The predicted octanol–water partition coefficient (Wildman–Crippen LogP) is 3.85. The molecule has 1 heterocycles. The lowest BCUT2D eigenvalue weighted by atomic mass is 10.1. The summed E-state index contributed by atoms with van der Waals surface area (Å²) in [6.45, 7) is 10.3. The number of nitrogens with zero attached hydrogens (tertiary/aromatic N) is 1. The van der Waals surface area contributed by atoms with Crippen LogP contribution in [0.1, 0.15) is 51.2 Å². The van der Waals surface area contributed by atoms with Crippen molar-refractivity contribution in [3.8, 4) is 0 Å². The molecule has 2 N–H and O–H groups in total. The van der Waals surface area contributed by atoms with E-state index in [0.717, 1.165) is 45.0 Å². The van der Waals surface area contributed by atoms with Gasteiger partial charge < -0.3 is 20.1 Å². The second-order valence-corrected chi connectivity index (χ2v) is 6.59. The minimum Gasteiger partial charge on any atom is -0.381 e. The fraction of sp³-hybridized carbons (Fsp3) is 0.650. The number of guanidine groups is 1. The van der Waals surface area contributed by atoms with Gasteiger partial charge in [-0.3, -0.25) is 0 Å². The maximum absolute atomic E-state index is 5.97. The molecule has 0 radical (unpaired) electrons. The smallest absolute Gasteiger partial charge is 0.191 e. The first-order chi connectivity index (χ1) is 12.2. The van der Waals surface area contributed by atoms with E-state index in [4.69, 9.17) is 9.47 Å². The van der Waals surface area contributed by atoms with Crippen molar-refractivity contribution in [2.45, 2.75) is 65.3 Å². The highest BCUT2D eigenvalue weighted by atomic mass is 127. The molecule has 0 aromatic heterocycles. The van der Waals surface area contributed by atoms with Crippen LogP contribution in [-0.2, 0) is 22.6 Å². The number of ether oxygens (including phenoxy) is 2. The van der Waals surface area contributed by atoms with Crippen molar-refractivity contribution in [1.29, 1.82) is 0 Å². The summed E-state index contributed by atoms with van der Waals surface area (Å²) >= 11 is 0. The minimum atomic E-state index is 0. The van der Waals surface area contributed by atoms with Crippen LogP contribution in [0.4, 0.5) is 0 Å². The van der Waals surface area contributed by atoms with Crippen LogP contribution in [0.15, 0.2) is 29.3 Å². The summed E-state index contributed by atoms with van der Waals surface area (Å²) in [7, 11) is 0. The summed E-state index contributed by atoms with van der Waals surface area (Å²) in [5.41, 5.74) is 2.42. The monoisotopic (exact) mass is 475 g/mol. The van der Waals surface area contributed by atoms with Crippen molar-refractivity contribution in [3.05, 3.63) is 35.4 Å². The first-order valence-corrected chi connectivity index (χ1v) is 9.53. The van der Waals surface area contributed by atoms with Crippen molar-refractivity contribution in [1.82, 2.24) is 10.6 Å². The van der Waals surface area contributed by atoms with Gasteiger partial charge >= 0.3 is 0 Å². The van der Waals surface area contributed by atoms with Gasteiger partial charge in [0.2, 0.25) is 0 Å². The molecule has 1 saturated heterocycles. The fourth-order valence-electron chi connectivity index (χ4n) is 2.62. The van der Waals surface area contributed by atoms with Crippen LogP contribution >= 0.6 is 24.0 Å². The molecule has 0 bridgehead atoms. The van der Waals surface area contributed by atoms with Crippen molar-refractivity contribution in [2.24, 2.45) is 4.99 Å². The second-order valence-electron chi connectivity index (χ2n) is 6.59. The molecule has 0 saturated carbocycles. The Morgan fingerprint density at radius 2 is 1.85 bits per heavy atom. The number of hydrogen-bond acceptors (Lipinski definition) is 3. The average Bonchev–Trinajstić information content (AvgIpc) is 2.66. The Labute approximate surface area is 175 Å². The third-order valence-corrected chi connectivity index (χ3v) is 4.44. The molecule has 1 fully saturated rings. The Balaban J connectivity index is 0.00000338. The minimum absolute atomic E-state index is 0. The molecule has 2 rings (SSSR count). The molecule has 1 aliphatic rings. The summed E-state index contributed by atoms with van der Waals surface area (Å²) in [5.74, 6) is 0.878. The van der Waals surface area contributed by atoms with Gasteiger partial charge in [-0.2, -0.15) is 0 Å². The summed E-state index contributed by atoms with van der Waals surface area (Å²) < 4.78 is 11.3. The zero-order valence-corrected chi connectivity index (χ0v) is 18.6. The van der Waals surface area contributed by atoms with Crippen LogP contribution in [-0.4, -0.2) is 37.9 Å². The maximum Gasteiger partial charge on any atom is 0.191 e. The molecular weight excluding hydrogens is 441 g/mol. The molecule has 1 aromatic rings. The van der Waals surface area contributed by atoms with E-state index in [1.807, 2.05) is 0 Å². The number of benzene rings is 1. The molecule has 5 nitrogen and oxygen atoms in total. The standard InChI is InChI=1S/C20H33N3O2.HI/c1-4-16(3)23-20(21-5-2)22-14-17-6-8-18(9-7-17)15-25-19-10-12-24-13-11-19;/h6-9,16,19H,4-5,10-15H2,1-3H3,(H2,21,22,23);1H. The zero-order chi connectivity index (χ0) is 17.9. The largest absolute Gasteiger partial charge is 0.381 e. The molecule has 1 unspecified atom stereocenters. The molecule has 1 atom stereocenters. The summed E-state index contributed by atoms with van der Waals surface area (Å²) in [5, 5.41) is 6.71. The van der Waals surface area contributed by atoms with E-state index in [2.05, 4.69) is 60.7 Å². The van der Waals surface area contributed by atoms with E-state index < -0.39 is 0 Å². The molecule has 1 aromatic carbocycles. The topological polar surface area (TPSA) is 54.9 Å². The van der Waals surface area contributed by atoms with Crippen LogP contribution in [0.2, 0.25) is 0 Å². The lowest BCUT2D eigenvalue weighted by Crippen LogP contribution is -2.41. The lowest BCUT2D eigenvalue weighted by molar-refractivity contribution is -0.0390. The molecule has 148 valence electrons. The van der Waals surface area contributed by atoms with E-state index in [1.54, 1.807) is 0 Å².